The Balaban J connectivity index is 1.76. The number of nitrogens with zero attached hydrogens (tertiary/aromatic N) is 5. The third-order valence-corrected chi connectivity index (χ3v) is 5.02. The monoisotopic (exact) mass is 408 g/mol. The summed E-state index contributed by atoms with van der Waals surface area (Å²) >= 11 is 11.9. The minimum absolute atomic E-state index is 0.402. The summed E-state index contributed by atoms with van der Waals surface area (Å²) in [6.07, 6.45) is 1.66. The maximum atomic E-state index is 6.58. The van der Waals surface area contributed by atoms with Gasteiger partial charge in [-0.1, -0.05) is 54.1 Å². The number of hydrogen-bond donors (Lipinski definition) is 1. The third-order valence-electron chi connectivity index (χ3n) is 4.39. The first-order valence-corrected chi connectivity index (χ1v) is 9.43. The molecule has 8 heteroatoms. The van der Waals surface area contributed by atoms with Gasteiger partial charge in [0, 0.05) is 5.56 Å². The Morgan fingerprint density at radius 2 is 1.79 bits per heavy atom. The van der Waals surface area contributed by atoms with E-state index < -0.39 is 0 Å². The van der Waals surface area contributed by atoms with Crippen LogP contribution in [0.2, 0.25) is 5.15 Å². The van der Waals surface area contributed by atoms with Crippen molar-refractivity contribution >= 4 is 30.0 Å². The second-order valence-electron chi connectivity index (χ2n) is 6.26. The zero-order valence-corrected chi connectivity index (χ0v) is 16.9. The molecule has 0 amide bonds. The second kappa shape index (κ2) is 7.53. The fraction of sp³-hybridized carbons (Fsp3) is 0.100. The van der Waals surface area contributed by atoms with Crippen molar-refractivity contribution in [2.45, 2.75) is 13.8 Å². The van der Waals surface area contributed by atoms with Gasteiger partial charge < -0.3 is 0 Å². The first kappa shape index (κ1) is 18.3. The van der Waals surface area contributed by atoms with Crippen LogP contribution in [0, 0.1) is 18.6 Å². The van der Waals surface area contributed by atoms with Crippen LogP contribution < -0.4 is 0 Å². The van der Waals surface area contributed by atoms with Crippen molar-refractivity contribution in [3.63, 3.8) is 0 Å². The van der Waals surface area contributed by atoms with Crippen LogP contribution in [0.25, 0.3) is 17.1 Å². The molecule has 0 atom stereocenters. The Bertz CT molecular complexity index is 1220. The van der Waals surface area contributed by atoms with Gasteiger partial charge in [0.2, 0.25) is 4.77 Å². The highest BCUT2D eigenvalue weighted by atomic mass is 35.5. The van der Waals surface area contributed by atoms with E-state index in [0.29, 0.717) is 15.7 Å². The van der Waals surface area contributed by atoms with Gasteiger partial charge in [-0.25, -0.2) is 9.78 Å². The highest BCUT2D eigenvalue weighted by Crippen LogP contribution is 2.23. The Labute approximate surface area is 172 Å². The van der Waals surface area contributed by atoms with E-state index in [1.54, 1.807) is 15.6 Å². The minimum Gasteiger partial charge on any atom is -0.250 e. The first-order valence-electron chi connectivity index (χ1n) is 8.64. The van der Waals surface area contributed by atoms with Crippen LogP contribution in [0.5, 0.6) is 0 Å². The third kappa shape index (κ3) is 3.30. The van der Waals surface area contributed by atoms with Gasteiger partial charge in [0.05, 0.1) is 23.2 Å². The number of aryl methyl sites for hydroxylation is 2. The fourth-order valence-corrected chi connectivity index (χ4v) is 3.41. The summed E-state index contributed by atoms with van der Waals surface area (Å²) in [6, 6.07) is 17.7. The summed E-state index contributed by atoms with van der Waals surface area (Å²) in [6.45, 7) is 3.91. The Morgan fingerprint density at radius 1 is 1.07 bits per heavy atom. The summed E-state index contributed by atoms with van der Waals surface area (Å²) in [5.41, 5.74) is 4.42. The van der Waals surface area contributed by atoms with E-state index in [2.05, 4.69) is 20.4 Å². The van der Waals surface area contributed by atoms with Crippen LogP contribution >= 0.6 is 23.8 Å². The minimum atomic E-state index is 0.402. The lowest BCUT2D eigenvalue weighted by Crippen LogP contribution is -1.97. The van der Waals surface area contributed by atoms with E-state index in [1.165, 1.54) is 0 Å². The van der Waals surface area contributed by atoms with E-state index in [9.17, 15) is 0 Å². The van der Waals surface area contributed by atoms with Gasteiger partial charge in [0.15, 0.2) is 5.82 Å². The number of halogens is 1. The molecule has 4 rings (SSSR count). The quantitative estimate of drug-likeness (QED) is 0.384. The van der Waals surface area contributed by atoms with Gasteiger partial charge in [-0.05, 0) is 43.8 Å². The van der Waals surface area contributed by atoms with Gasteiger partial charge in [0.1, 0.15) is 5.15 Å². The molecular formula is C20H17ClN6S. The molecule has 0 aliphatic carbocycles. The fourth-order valence-electron chi connectivity index (χ4n) is 2.91. The summed E-state index contributed by atoms with van der Waals surface area (Å²) in [5, 5.41) is 16.7. The lowest BCUT2D eigenvalue weighted by atomic mass is 10.1. The number of para-hydroxylation sites is 1. The van der Waals surface area contributed by atoms with Gasteiger partial charge in [-0.3, -0.25) is 0 Å². The van der Waals surface area contributed by atoms with E-state index in [4.69, 9.17) is 23.8 Å². The molecule has 0 aliphatic rings. The molecule has 4 aromatic rings. The predicted octanol–water partition coefficient (Wildman–Crippen LogP) is 4.95. The lowest BCUT2D eigenvalue weighted by Gasteiger charge is -2.04. The molecule has 0 bridgehead atoms. The van der Waals surface area contributed by atoms with Gasteiger partial charge in [-0.2, -0.15) is 20.0 Å². The molecule has 2 aromatic heterocycles. The Morgan fingerprint density at radius 3 is 2.54 bits per heavy atom. The molecule has 140 valence electrons. The van der Waals surface area contributed by atoms with Gasteiger partial charge in [0.25, 0.3) is 0 Å². The second-order valence-corrected chi connectivity index (χ2v) is 7.01. The molecule has 2 heterocycles. The number of H-pyrrole nitrogens is 1. The van der Waals surface area contributed by atoms with Crippen molar-refractivity contribution in [3.05, 3.63) is 81.3 Å². The highest BCUT2D eigenvalue weighted by molar-refractivity contribution is 7.71. The van der Waals surface area contributed by atoms with Crippen molar-refractivity contribution < 1.29 is 0 Å². The molecule has 28 heavy (non-hydrogen) atoms. The standard InChI is InChI=1S/C20H17ClN6S/c1-13-8-6-7-11-16(13)19-23-24-20(28)27(19)22-12-17-14(2)25-26(18(17)21)15-9-4-3-5-10-15/h3-12H,1-2H3,(H,24,28)/b22-12+. The SMILES string of the molecule is Cc1ccccc1-c1n[nH]c(=S)n1/N=C/c1c(C)nn(-c2ccccc2)c1Cl. The van der Waals surface area contributed by atoms with Crippen LogP contribution in [0.15, 0.2) is 59.7 Å². The van der Waals surface area contributed by atoms with Gasteiger partial charge in [-0.15, -0.1) is 0 Å². The number of aromatic nitrogens is 5. The van der Waals surface area contributed by atoms with E-state index in [1.807, 2.05) is 68.4 Å². The molecule has 2 aromatic carbocycles. The maximum absolute atomic E-state index is 6.58. The van der Waals surface area contributed by atoms with Crippen molar-refractivity contribution in [2.24, 2.45) is 5.10 Å². The first-order chi connectivity index (χ1) is 13.6. The van der Waals surface area contributed by atoms with Crippen molar-refractivity contribution in [3.8, 4) is 17.1 Å². The van der Waals surface area contributed by atoms with Crippen molar-refractivity contribution in [2.75, 3.05) is 0 Å². The molecule has 0 aliphatic heterocycles. The van der Waals surface area contributed by atoms with Crippen LogP contribution in [-0.4, -0.2) is 30.9 Å². The molecule has 0 spiro atoms. The summed E-state index contributed by atoms with van der Waals surface area (Å²) in [4.78, 5) is 0. The van der Waals surface area contributed by atoms with E-state index >= 15 is 0 Å². The Hall–Kier alpha value is -3.03. The molecule has 0 unspecified atom stereocenters. The topological polar surface area (TPSA) is 63.8 Å². The zero-order chi connectivity index (χ0) is 19.7. The molecule has 0 saturated carbocycles. The van der Waals surface area contributed by atoms with Crippen LogP contribution in [0.3, 0.4) is 0 Å². The average Bonchev–Trinajstić information content (AvgIpc) is 3.20. The van der Waals surface area contributed by atoms with Crippen LogP contribution in [0.4, 0.5) is 0 Å². The predicted molar refractivity (Wildman–Crippen MR) is 114 cm³/mol. The number of benzene rings is 2. The van der Waals surface area contributed by atoms with Crippen molar-refractivity contribution in [1.29, 1.82) is 0 Å². The molecule has 0 radical (unpaired) electrons. The number of nitrogens with one attached hydrogen (secondary N) is 1. The molecule has 0 saturated heterocycles. The number of rotatable bonds is 4. The lowest BCUT2D eigenvalue weighted by molar-refractivity contribution is 0.863. The summed E-state index contributed by atoms with van der Waals surface area (Å²) < 4.78 is 3.68. The average molecular weight is 409 g/mol. The maximum Gasteiger partial charge on any atom is 0.216 e. The number of hydrogen-bond acceptors (Lipinski definition) is 4. The van der Waals surface area contributed by atoms with Gasteiger partial charge >= 0.3 is 0 Å². The molecular weight excluding hydrogens is 392 g/mol. The van der Waals surface area contributed by atoms with Crippen LogP contribution in [-0.2, 0) is 0 Å². The summed E-state index contributed by atoms with van der Waals surface area (Å²) in [5.74, 6) is 0.642. The molecule has 1 N–H and O–H groups in total. The number of aromatic amines is 1. The zero-order valence-electron chi connectivity index (χ0n) is 15.3. The smallest absolute Gasteiger partial charge is 0.216 e. The van der Waals surface area contributed by atoms with Crippen molar-refractivity contribution in [1.82, 2.24) is 24.7 Å². The van der Waals surface area contributed by atoms with E-state index in [0.717, 1.165) is 28.1 Å². The van der Waals surface area contributed by atoms with E-state index in [-0.39, 0.29) is 0 Å². The largest absolute Gasteiger partial charge is 0.250 e. The molecule has 0 fully saturated rings. The Kier molecular flexibility index (Phi) is 4.93. The summed E-state index contributed by atoms with van der Waals surface area (Å²) in [7, 11) is 0. The van der Waals surface area contributed by atoms with Crippen LogP contribution in [0.1, 0.15) is 16.8 Å². The normalized spacial score (nSPS) is 11.4. The molecule has 6 nitrogen and oxygen atoms in total. The highest BCUT2D eigenvalue weighted by Gasteiger charge is 2.14.